The van der Waals surface area contributed by atoms with Crippen LogP contribution in [0.4, 0.5) is 0 Å². The summed E-state index contributed by atoms with van der Waals surface area (Å²) in [6.45, 7) is 0. The molecule has 2 heterocycles. The van der Waals surface area contributed by atoms with E-state index in [9.17, 15) is 0 Å². The number of benzene rings is 5. The molecule has 0 aliphatic carbocycles. The van der Waals surface area contributed by atoms with E-state index in [1.807, 2.05) is 42.5 Å². The zero-order valence-corrected chi connectivity index (χ0v) is 16.9. The minimum absolute atomic E-state index is 0.168. The first-order chi connectivity index (χ1) is 18.0. The predicted molar refractivity (Wildman–Crippen MR) is 133 cm³/mol. The van der Waals surface area contributed by atoms with Crippen LogP contribution in [-0.2, 0) is 0 Å². The molecule has 5 aromatic carbocycles. The molecule has 0 fully saturated rings. The highest BCUT2D eigenvalue weighted by Crippen LogP contribution is 2.39. The third kappa shape index (κ3) is 2.41. The fourth-order valence-electron chi connectivity index (χ4n) is 4.75. The van der Waals surface area contributed by atoms with Crippen molar-refractivity contribution in [3.05, 3.63) is 115 Å². The zero-order chi connectivity index (χ0) is 25.4. The van der Waals surface area contributed by atoms with E-state index in [-0.39, 0.29) is 29.7 Å². The number of rotatable bonds is 2. The Morgan fingerprint density at radius 2 is 1.34 bits per heavy atom. The van der Waals surface area contributed by atoms with Crippen LogP contribution in [0.3, 0.4) is 0 Å². The standard InChI is InChI=1S/C30H19NO/c1-2-9-20(10-3-1)22-13-8-16-29-30(22)25-19-21(17-18-28(25)32-29)31-26-14-6-4-11-23(26)24-12-5-7-15-27(24)31/h1-19H/i1D,2D,3D,9D,10D. The van der Waals surface area contributed by atoms with E-state index in [0.29, 0.717) is 16.7 Å². The summed E-state index contributed by atoms with van der Waals surface area (Å²) in [5.74, 6) is 0. The fourth-order valence-corrected chi connectivity index (χ4v) is 4.75. The van der Waals surface area contributed by atoms with Gasteiger partial charge in [0.1, 0.15) is 11.2 Å². The molecule has 0 amide bonds. The van der Waals surface area contributed by atoms with Crippen molar-refractivity contribution < 1.29 is 11.3 Å². The molecule has 0 saturated carbocycles. The van der Waals surface area contributed by atoms with Crippen LogP contribution >= 0.6 is 0 Å². The van der Waals surface area contributed by atoms with Gasteiger partial charge in [-0.05, 0) is 47.5 Å². The van der Waals surface area contributed by atoms with Gasteiger partial charge in [-0.2, -0.15) is 0 Å². The fraction of sp³-hybridized carbons (Fsp3) is 0. The highest BCUT2D eigenvalue weighted by atomic mass is 16.3. The molecule has 0 spiro atoms. The zero-order valence-electron chi connectivity index (χ0n) is 21.9. The number of aromatic nitrogens is 1. The second kappa shape index (κ2) is 6.60. The average molecular weight is 415 g/mol. The summed E-state index contributed by atoms with van der Waals surface area (Å²) >= 11 is 0. The van der Waals surface area contributed by atoms with Crippen LogP contribution in [0.2, 0.25) is 0 Å². The lowest BCUT2D eigenvalue weighted by molar-refractivity contribution is 0.669. The smallest absolute Gasteiger partial charge is 0.136 e. The SMILES string of the molecule is [2H]c1c([2H])c([2H])c(-c2cccc3oc4ccc(-n5c6ccccc6c6ccccc65)cc4c23)c([2H])c1[2H]. The van der Waals surface area contributed by atoms with Gasteiger partial charge < -0.3 is 8.98 Å². The van der Waals surface area contributed by atoms with Crippen LogP contribution in [0.5, 0.6) is 0 Å². The summed E-state index contributed by atoms with van der Waals surface area (Å²) in [5.41, 5.74) is 5.10. The minimum Gasteiger partial charge on any atom is -0.456 e. The van der Waals surface area contributed by atoms with E-state index in [0.717, 1.165) is 38.3 Å². The number of fused-ring (bicyclic) bond motifs is 6. The Balaban J connectivity index is 1.58. The lowest BCUT2D eigenvalue weighted by Gasteiger charge is -2.08. The maximum absolute atomic E-state index is 8.54. The maximum Gasteiger partial charge on any atom is 0.136 e. The molecule has 0 aliphatic rings. The van der Waals surface area contributed by atoms with Crippen molar-refractivity contribution in [2.75, 3.05) is 0 Å². The molecule has 0 atom stereocenters. The molecule has 7 aromatic rings. The number of furan rings is 1. The van der Waals surface area contributed by atoms with Gasteiger partial charge in [0.15, 0.2) is 0 Å². The summed E-state index contributed by atoms with van der Waals surface area (Å²) in [7, 11) is 0. The number of hydrogen-bond acceptors (Lipinski definition) is 1. The van der Waals surface area contributed by atoms with Crippen molar-refractivity contribution in [2.45, 2.75) is 0 Å². The van der Waals surface area contributed by atoms with Crippen molar-refractivity contribution >= 4 is 43.7 Å². The summed E-state index contributed by atoms with van der Waals surface area (Å²) in [4.78, 5) is 0. The molecule has 2 aromatic heterocycles. The molecule has 0 bridgehead atoms. The molecule has 2 nitrogen and oxygen atoms in total. The first-order valence-electron chi connectivity index (χ1n) is 13.0. The minimum atomic E-state index is -0.406. The van der Waals surface area contributed by atoms with E-state index in [2.05, 4.69) is 34.9 Å². The van der Waals surface area contributed by atoms with Crippen LogP contribution < -0.4 is 0 Å². The van der Waals surface area contributed by atoms with Gasteiger partial charge in [-0.1, -0.05) is 78.7 Å². The quantitative estimate of drug-likeness (QED) is 0.278. The van der Waals surface area contributed by atoms with Gasteiger partial charge in [0, 0.05) is 27.2 Å². The molecule has 0 saturated heterocycles. The summed E-state index contributed by atoms with van der Waals surface area (Å²) in [6, 6.07) is 26.4. The highest BCUT2D eigenvalue weighted by molar-refractivity contribution is 6.14. The molecule has 32 heavy (non-hydrogen) atoms. The van der Waals surface area contributed by atoms with Gasteiger partial charge in [-0.25, -0.2) is 0 Å². The summed E-state index contributed by atoms with van der Waals surface area (Å²) in [6.07, 6.45) is 0. The van der Waals surface area contributed by atoms with Gasteiger partial charge >= 0.3 is 0 Å². The van der Waals surface area contributed by atoms with E-state index in [1.54, 1.807) is 12.1 Å². The van der Waals surface area contributed by atoms with Crippen LogP contribution in [0.1, 0.15) is 6.85 Å². The Kier molecular flexibility index (Phi) is 2.72. The largest absolute Gasteiger partial charge is 0.456 e. The second-order valence-corrected chi connectivity index (χ2v) is 7.83. The normalized spacial score (nSPS) is 13.9. The Labute approximate surface area is 192 Å². The Morgan fingerprint density at radius 3 is 2.09 bits per heavy atom. The lowest BCUT2D eigenvalue weighted by Crippen LogP contribution is -1.93. The van der Waals surface area contributed by atoms with Crippen LogP contribution in [0, 0.1) is 0 Å². The van der Waals surface area contributed by atoms with Crippen molar-refractivity contribution in [3.8, 4) is 16.8 Å². The number of nitrogens with zero attached hydrogens (tertiary/aromatic N) is 1. The number of para-hydroxylation sites is 2. The Bertz CT molecular complexity index is 1970. The van der Waals surface area contributed by atoms with E-state index >= 15 is 0 Å². The van der Waals surface area contributed by atoms with Gasteiger partial charge in [-0.3, -0.25) is 0 Å². The molecule has 7 rings (SSSR count). The second-order valence-electron chi connectivity index (χ2n) is 7.83. The van der Waals surface area contributed by atoms with Crippen molar-refractivity contribution in [1.82, 2.24) is 4.57 Å². The van der Waals surface area contributed by atoms with Gasteiger partial charge in [0.25, 0.3) is 0 Å². The molecule has 0 N–H and O–H groups in total. The summed E-state index contributed by atoms with van der Waals surface area (Å²) in [5, 5.41) is 3.86. The van der Waals surface area contributed by atoms with E-state index < -0.39 is 6.04 Å². The van der Waals surface area contributed by atoms with Crippen molar-refractivity contribution in [3.63, 3.8) is 0 Å². The van der Waals surface area contributed by atoms with Crippen LogP contribution in [0.25, 0.3) is 60.6 Å². The van der Waals surface area contributed by atoms with Gasteiger partial charge in [0.2, 0.25) is 0 Å². The molecular weight excluding hydrogens is 390 g/mol. The molecular formula is C30H19NO. The molecule has 0 unspecified atom stereocenters. The monoisotopic (exact) mass is 414 g/mol. The molecule has 150 valence electrons. The van der Waals surface area contributed by atoms with Crippen LogP contribution in [0.15, 0.2) is 120 Å². The summed E-state index contributed by atoms with van der Waals surface area (Å²) < 4.78 is 49.8. The molecule has 0 aliphatic heterocycles. The highest BCUT2D eigenvalue weighted by Gasteiger charge is 2.16. The number of hydrogen-bond donors (Lipinski definition) is 0. The first-order valence-corrected chi connectivity index (χ1v) is 10.5. The topological polar surface area (TPSA) is 18.1 Å². The van der Waals surface area contributed by atoms with Crippen molar-refractivity contribution in [2.24, 2.45) is 0 Å². The van der Waals surface area contributed by atoms with Gasteiger partial charge in [-0.15, -0.1) is 0 Å². The lowest BCUT2D eigenvalue weighted by atomic mass is 9.99. The van der Waals surface area contributed by atoms with Crippen LogP contribution in [-0.4, -0.2) is 4.57 Å². The predicted octanol–water partition coefficient (Wildman–Crippen LogP) is 8.35. The van der Waals surface area contributed by atoms with E-state index in [1.165, 1.54) is 0 Å². The van der Waals surface area contributed by atoms with Crippen molar-refractivity contribution in [1.29, 1.82) is 0 Å². The first kappa shape index (κ1) is 13.2. The van der Waals surface area contributed by atoms with Gasteiger partial charge in [0.05, 0.1) is 17.9 Å². The Morgan fingerprint density at radius 1 is 0.625 bits per heavy atom. The third-order valence-electron chi connectivity index (χ3n) is 6.09. The average Bonchev–Trinajstić information content (AvgIpc) is 3.46. The Hall–Kier alpha value is -4.30. The third-order valence-corrected chi connectivity index (χ3v) is 6.09. The maximum atomic E-state index is 8.54. The molecule has 2 heteroatoms. The molecule has 0 radical (unpaired) electrons. The van der Waals surface area contributed by atoms with E-state index in [4.69, 9.17) is 11.3 Å².